The third kappa shape index (κ3) is 9.32. The van der Waals surface area contributed by atoms with Crippen LogP contribution in [0.3, 0.4) is 0 Å². The van der Waals surface area contributed by atoms with Gasteiger partial charge in [0.25, 0.3) is 0 Å². The molecule has 1 aliphatic heterocycles. The molecule has 4 rings (SSSR count). The molecule has 2 heterocycles. The number of carbonyl (C=O) groups is 2. The fourth-order valence-corrected chi connectivity index (χ4v) is 4.43. The van der Waals surface area contributed by atoms with E-state index in [9.17, 15) is 27.2 Å². The lowest BCUT2D eigenvalue weighted by Gasteiger charge is -2.30. The van der Waals surface area contributed by atoms with Gasteiger partial charge in [0, 0.05) is 38.4 Å². The number of alkyl halides is 3. The number of furan rings is 1. The summed E-state index contributed by atoms with van der Waals surface area (Å²) in [5.74, 6) is -0.292. The minimum atomic E-state index is -4.57. The predicted molar refractivity (Wildman–Crippen MR) is 143 cm³/mol. The average molecular weight is 577 g/mol. The molecule has 0 atom stereocenters. The fourth-order valence-electron chi connectivity index (χ4n) is 4.43. The zero-order valence-corrected chi connectivity index (χ0v) is 22.4. The maximum absolute atomic E-state index is 13.6. The highest BCUT2D eigenvalue weighted by Gasteiger charge is 2.31. The lowest BCUT2D eigenvalue weighted by molar-refractivity contribution is -0.137. The van der Waals surface area contributed by atoms with Crippen LogP contribution in [0.1, 0.15) is 23.3 Å². The quantitative estimate of drug-likeness (QED) is 0.317. The van der Waals surface area contributed by atoms with Crippen LogP contribution in [0.4, 0.5) is 28.0 Å². The minimum Gasteiger partial charge on any atom is -0.467 e. The van der Waals surface area contributed by atoms with Crippen molar-refractivity contribution in [3.63, 3.8) is 0 Å². The van der Waals surface area contributed by atoms with E-state index in [0.717, 1.165) is 25.2 Å². The third-order valence-corrected chi connectivity index (χ3v) is 6.63. The highest BCUT2D eigenvalue weighted by atomic mass is 19.4. The lowest BCUT2D eigenvalue weighted by Crippen LogP contribution is -2.45. The number of nitrogens with zero attached hydrogens (tertiary/aromatic N) is 3. The van der Waals surface area contributed by atoms with Gasteiger partial charge >= 0.3 is 12.2 Å². The van der Waals surface area contributed by atoms with Gasteiger partial charge in [-0.1, -0.05) is 18.2 Å². The summed E-state index contributed by atoms with van der Waals surface area (Å²) >= 11 is 0. The Kier molecular flexibility index (Phi) is 10.4. The summed E-state index contributed by atoms with van der Waals surface area (Å²) in [5.41, 5.74) is -0.248. The molecule has 1 N–H and O–H groups in total. The van der Waals surface area contributed by atoms with Crippen LogP contribution in [0.5, 0.6) is 0 Å². The first-order valence-corrected chi connectivity index (χ1v) is 13.3. The van der Waals surface area contributed by atoms with Crippen molar-refractivity contribution in [3.8, 4) is 0 Å². The smallest absolute Gasteiger partial charge is 0.416 e. The molecule has 1 aliphatic rings. The van der Waals surface area contributed by atoms with Crippen LogP contribution >= 0.6 is 0 Å². The Morgan fingerprint density at radius 1 is 0.951 bits per heavy atom. The molecule has 1 saturated heterocycles. The predicted octanol–water partition coefficient (Wildman–Crippen LogP) is 5.22. The number of hydrogen-bond acceptors (Lipinski definition) is 5. The molecule has 1 fully saturated rings. The molecule has 0 bridgehead atoms. The molecule has 12 heteroatoms. The van der Waals surface area contributed by atoms with Gasteiger partial charge in [-0.05, 0) is 54.4 Å². The second-order valence-corrected chi connectivity index (χ2v) is 9.69. The van der Waals surface area contributed by atoms with Crippen LogP contribution in [0.15, 0.2) is 71.3 Å². The van der Waals surface area contributed by atoms with Gasteiger partial charge < -0.3 is 24.3 Å². The van der Waals surface area contributed by atoms with Gasteiger partial charge in [-0.3, -0.25) is 9.69 Å². The van der Waals surface area contributed by atoms with E-state index in [1.807, 2.05) is 0 Å². The molecule has 220 valence electrons. The Hall–Kier alpha value is -3.90. The number of ether oxygens (including phenoxy) is 1. The van der Waals surface area contributed by atoms with Crippen molar-refractivity contribution >= 4 is 17.6 Å². The van der Waals surface area contributed by atoms with Gasteiger partial charge in [-0.25, -0.2) is 9.18 Å². The molecular weight excluding hydrogens is 544 g/mol. The van der Waals surface area contributed by atoms with Crippen LogP contribution < -0.4 is 5.32 Å². The highest BCUT2D eigenvalue weighted by Crippen LogP contribution is 2.30. The van der Waals surface area contributed by atoms with E-state index < -0.39 is 29.5 Å². The summed E-state index contributed by atoms with van der Waals surface area (Å²) in [4.78, 5) is 31.8. The number of carbonyl (C=O) groups excluding carboxylic acids is 2. The highest BCUT2D eigenvalue weighted by molar-refractivity contribution is 5.92. The van der Waals surface area contributed by atoms with Gasteiger partial charge in [-0.15, -0.1) is 0 Å². The van der Waals surface area contributed by atoms with Crippen molar-refractivity contribution in [3.05, 3.63) is 89.6 Å². The zero-order valence-electron chi connectivity index (χ0n) is 22.4. The van der Waals surface area contributed by atoms with E-state index >= 15 is 0 Å². The number of hydrogen-bond donors (Lipinski definition) is 1. The van der Waals surface area contributed by atoms with Gasteiger partial charge in [0.15, 0.2) is 0 Å². The Bertz CT molecular complexity index is 1260. The van der Waals surface area contributed by atoms with Gasteiger partial charge in [0.1, 0.15) is 18.1 Å². The second kappa shape index (κ2) is 14.1. The molecule has 0 spiro atoms. The number of amides is 3. The first kappa shape index (κ1) is 30.1. The molecular formula is C29H32F4N4O4. The number of morpholine rings is 1. The third-order valence-electron chi connectivity index (χ3n) is 6.63. The van der Waals surface area contributed by atoms with Crippen molar-refractivity contribution in [2.24, 2.45) is 0 Å². The zero-order chi connectivity index (χ0) is 29.2. The van der Waals surface area contributed by atoms with E-state index in [1.54, 1.807) is 24.3 Å². The molecule has 0 radical (unpaired) electrons. The topological polar surface area (TPSA) is 78.3 Å². The molecule has 8 nitrogen and oxygen atoms in total. The molecule has 0 aliphatic carbocycles. The number of halogens is 4. The van der Waals surface area contributed by atoms with E-state index in [-0.39, 0.29) is 31.9 Å². The van der Waals surface area contributed by atoms with E-state index in [2.05, 4.69) is 10.2 Å². The lowest BCUT2D eigenvalue weighted by atomic mass is 10.2. The maximum atomic E-state index is 13.6. The summed E-state index contributed by atoms with van der Waals surface area (Å²) in [7, 11) is 0. The number of rotatable bonds is 11. The monoisotopic (exact) mass is 576 g/mol. The molecule has 3 amide bonds. The van der Waals surface area contributed by atoms with Crippen molar-refractivity contribution in [2.75, 3.05) is 51.3 Å². The van der Waals surface area contributed by atoms with Gasteiger partial charge in [0.05, 0.1) is 31.6 Å². The van der Waals surface area contributed by atoms with E-state index in [4.69, 9.17) is 9.15 Å². The van der Waals surface area contributed by atoms with Crippen LogP contribution in [-0.4, -0.2) is 72.6 Å². The maximum Gasteiger partial charge on any atom is 0.416 e. The van der Waals surface area contributed by atoms with E-state index in [1.165, 1.54) is 40.3 Å². The Morgan fingerprint density at radius 2 is 1.71 bits per heavy atom. The minimum absolute atomic E-state index is 0.0331. The Balaban J connectivity index is 1.49. The SMILES string of the molecule is O=C(CN(CCCN1CCOCC1)C(=O)Nc1cccc(C(F)(F)F)c1)N(Cc1ccc(F)cc1)Cc1ccco1. The largest absolute Gasteiger partial charge is 0.467 e. The first-order chi connectivity index (χ1) is 19.7. The average Bonchev–Trinajstić information content (AvgIpc) is 3.47. The van der Waals surface area contributed by atoms with Crippen LogP contribution in [0.2, 0.25) is 0 Å². The van der Waals surface area contributed by atoms with Crippen LogP contribution in [-0.2, 0) is 28.8 Å². The Morgan fingerprint density at radius 3 is 2.39 bits per heavy atom. The van der Waals surface area contributed by atoms with E-state index in [0.29, 0.717) is 37.5 Å². The first-order valence-electron chi connectivity index (χ1n) is 13.3. The summed E-state index contributed by atoms with van der Waals surface area (Å²) in [6.45, 7) is 3.52. The van der Waals surface area contributed by atoms with Crippen molar-refractivity contribution in [2.45, 2.75) is 25.7 Å². The van der Waals surface area contributed by atoms with Crippen molar-refractivity contribution < 1.29 is 36.3 Å². The fraction of sp³-hybridized carbons (Fsp3) is 0.379. The molecule has 0 saturated carbocycles. The van der Waals surface area contributed by atoms with Crippen LogP contribution in [0, 0.1) is 5.82 Å². The molecule has 2 aromatic carbocycles. The van der Waals surface area contributed by atoms with Gasteiger partial charge in [-0.2, -0.15) is 13.2 Å². The molecule has 41 heavy (non-hydrogen) atoms. The molecule has 3 aromatic rings. The van der Waals surface area contributed by atoms with Gasteiger partial charge in [0.2, 0.25) is 5.91 Å². The van der Waals surface area contributed by atoms with Crippen LogP contribution in [0.25, 0.3) is 0 Å². The normalized spacial score (nSPS) is 14.0. The number of benzene rings is 2. The van der Waals surface area contributed by atoms with Crippen molar-refractivity contribution in [1.82, 2.24) is 14.7 Å². The summed E-state index contributed by atoms with van der Waals surface area (Å²) < 4.78 is 63.9. The number of nitrogens with one attached hydrogen (secondary N) is 1. The second-order valence-electron chi connectivity index (χ2n) is 9.69. The van der Waals surface area contributed by atoms with Crippen molar-refractivity contribution in [1.29, 1.82) is 0 Å². The Labute approximate surface area is 235 Å². The molecule has 1 aromatic heterocycles. The standard InChI is InChI=1S/C29H32F4N4O4/c30-24-9-7-22(8-10-24)19-37(20-26-6-2-15-41-26)27(38)21-36(12-3-11-35-13-16-40-17-14-35)28(39)34-25-5-1-4-23(18-25)29(31,32)33/h1-2,4-10,15,18H,3,11-14,16-17,19-21H2,(H,34,39). The summed E-state index contributed by atoms with van der Waals surface area (Å²) in [5, 5.41) is 2.51. The summed E-state index contributed by atoms with van der Waals surface area (Å²) in [6.07, 6.45) is -2.54. The number of anilines is 1. The molecule has 0 unspecified atom stereocenters. The number of urea groups is 1. The summed E-state index contributed by atoms with van der Waals surface area (Å²) in [6, 6.07) is 12.8.